The van der Waals surface area contributed by atoms with Gasteiger partial charge in [-0.1, -0.05) is 30.3 Å². The molecule has 0 radical (unpaired) electrons. The molecule has 3 aliphatic rings. The molecule has 1 aromatic carbocycles. The lowest BCUT2D eigenvalue weighted by Crippen LogP contribution is -2.36. The van der Waals surface area contributed by atoms with Crippen molar-refractivity contribution in [1.29, 1.82) is 0 Å². The molecule has 2 saturated carbocycles. The van der Waals surface area contributed by atoms with Crippen molar-refractivity contribution in [1.82, 2.24) is 14.9 Å². The number of thiophene rings is 1. The summed E-state index contributed by atoms with van der Waals surface area (Å²) < 4.78 is 0. The Morgan fingerprint density at radius 3 is 2.82 bits per heavy atom. The average Bonchev–Trinajstić information content (AvgIpc) is 3.76. The standard InChI is InChI=1S/C26H27N3O3S/c30-22(18-5-1-4-17(14-18)16-8-9-16)24(32)29-12-2-6-20-19(15-29)23(31)28-25(27-20)26(10-11-26)21-7-3-13-33-21/h1,3-5,7,13-14,16,22,30H,2,6,8-12,15H2,(H,27,28,31). The van der Waals surface area contributed by atoms with Crippen LogP contribution in [0.4, 0.5) is 0 Å². The number of aliphatic hydroxyl groups is 1. The number of rotatable bonds is 5. The minimum absolute atomic E-state index is 0.160. The van der Waals surface area contributed by atoms with Crippen LogP contribution in [0.3, 0.4) is 0 Å². The normalized spacial score (nSPS) is 20.1. The summed E-state index contributed by atoms with van der Waals surface area (Å²) in [5, 5.41) is 12.9. The molecule has 2 N–H and O–H groups in total. The van der Waals surface area contributed by atoms with Gasteiger partial charge in [-0.15, -0.1) is 11.3 Å². The molecular formula is C26H27N3O3S. The molecule has 1 atom stereocenters. The van der Waals surface area contributed by atoms with E-state index in [-0.39, 0.29) is 23.4 Å². The summed E-state index contributed by atoms with van der Waals surface area (Å²) in [4.78, 5) is 37.1. The molecule has 1 amide bonds. The van der Waals surface area contributed by atoms with Crippen molar-refractivity contribution in [2.45, 2.75) is 62.5 Å². The number of carbonyl (C=O) groups excluding carboxylic acids is 1. The van der Waals surface area contributed by atoms with Crippen LogP contribution in [-0.2, 0) is 23.2 Å². The van der Waals surface area contributed by atoms with Gasteiger partial charge in [0.2, 0.25) is 0 Å². The number of benzene rings is 1. The van der Waals surface area contributed by atoms with Gasteiger partial charge in [-0.3, -0.25) is 9.59 Å². The quantitative estimate of drug-likeness (QED) is 0.605. The number of nitrogens with zero attached hydrogens (tertiary/aromatic N) is 2. The van der Waals surface area contributed by atoms with Crippen molar-refractivity contribution in [2.24, 2.45) is 0 Å². The fraction of sp³-hybridized carbons (Fsp3) is 0.423. The van der Waals surface area contributed by atoms with Gasteiger partial charge in [0.15, 0.2) is 6.10 Å². The number of H-pyrrole nitrogens is 1. The van der Waals surface area contributed by atoms with Crippen LogP contribution >= 0.6 is 11.3 Å². The van der Waals surface area contributed by atoms with Crippen molar-refractivity contribution < 1.29 is 9.90 Å². The number of amides is 1. The predicted molar refractivity (Wildman–Crippen MR) is 126 cm³/mol. The molecular weight excluding hydrogens is 434 g/mol. The van der Waals surface area contributed by atoms with E-state index in [1.807, 2.05) is 18.2 Å². The maximum absolute atomic E-state index is 13.2. The number of carbonyl (C=O) groups is 1. The second-order valence-corrected chi connectivity index (χ2v) is 10.6. The smallest absolute Gasteiger partial charge is 0.256 e. The van der Waals surface area contributed by atoms with E-state index >= 15 is 0 Å². The molecule has 0 spiro atoms. The summed E-state index contributed by atoms with van der Waals surface area (Å²) in [6, 6.07) is 11.9. The fourth-order valence-electron chi connectivity index (χ4n) is 5.03. The first-order chi connectivity index (χ1) is 16.0. The van der Waals surface area contributed by atoms with E-state index in [1.54, 1.807) is 22.3 Å². The van der Waals surface area contributed by atoms with E-state index in [9.17, 15) is 14.7 Å². The van der Waals surface area contributed by atoms with Gasteiger partial charge in [0.05, 0.1) is 23.2 Å². The van der Waals surface area contributed by atoms with E-state index in [0.717, 1.165) is 30.8 Å². The molecule has 0 bridgehead atoms. The first kappa shape index (κ1) is 20.8. The third-order valence-electron chi connectivity index (χ3n) is 7.31. The molecule has 1 unspecified atom stereocenters. The highest BCUT2D eigenvalue weighted by Crippen LogP contribution is 2.53. The number of aromatic nitrogens is 2. The number of hydrogen-bond acceptors (Lipinski definition) is 5. The molecule has 2 fully saturated rings. The van der Waals surface area contributed by atoms with Crippen molar-refractivity contribution in [3.8, 4) is 0 Å². The van der Waals surface area contributed by atoms with Crippen LogP contribution in [-0.4, -0.2) is 32.4 Å². The predicted octanol–water partition coefficient (Wildman–Crippen LogP) is 3.80. The van der Waals surface area contributed by atoms with Gasteiger partial charge < -0.3 is 15.0 Å². The number of nitrogens with one attached hydrogen (secondary N) is 1. The van der Waals surface area contributed by atoms with Crippen molar-refractivity contribution in [2.75, 3.05) is 6.54 Å². The zero-order valence-electron chi connectivity index (χ0n) is 18.4. The molecule has 0 saturated heterocycles. The van der Waals surface area contributed by atoms with Gasteiger partial charge in [-0.2, -0.15) is 0 Å². The number of hydrogen-bond donors (Lipinski definition) is 2. The van der Waals surface area contributed by atoms with Crippen LogP contribution in [0.15, 0.2) is 46.6 Å². The van der Waals surface area contributed by atoms with Gasteiger partial charge >= 0.3 is 0 Å². The largest absolute Gasteiger partial charge is 0.378 e. The first-order valence-corrected chi connectivity index (χ1v) is 12.7. The highest BCUT2D eigenvalue weighted by molar-refractivity contribution is 7.10. The molecule has 7 heteroatoms. The molecule has 3 heterocycles. The second kappa shape index (κ2) is 7.92. The molecule has 1 aliphatic heterocycles. The summed E-state index contributed by atoms with van der Waals surface area (Å²) >= 11 is 1.70. The van der Waals surface area contributed by atoms with Crippen LogP contribution in [0.2, 0.25) is 0 Å². The summed E-state index contributed by atoms with van der Waals surface area (Å²) in [5.41, 5.74) is 2.83. The third-order valence-corrected chi connectivity index (χ3v) is 8.38. The second-order valence-electron chi connectivity index (χ2n) is 9.61. The third kappa shape index (κ3) is 3.73. The Balaban J connectivity index is 1.26. The lowest BCUT2D eigenvalue weighted by atomic mass is 10.0. The van der Waals surface area contributed by atoms with Crippen LogP contribution in [0.1, 0.15) is 77.2 Å². The summed E-state index contributed by atoms with van der Waals surface area (Å²) in [7, 11) is 0. The molecule has 2 aliphatic carbocycles. The fourth-order valence-corrected chi connectivity index (χ4v) is 6.01. The Kier molecular flexibility index (Phi) is 4.99. The first-order valence-electron chi connectivity index (χ1n) is 11.8. The highest BCUT2D eigenvalue weighted by atomic mass is 32.1. The van der Waals surface area contributed by atoms with Crippen LogP contribution < -0.4 is 5.56 Å². The number of aliphatic hydroxyl groups excluding tert-OH is 1. The van der Waals surface area contributed by atoms with E-state index in [4.69, 9.17) is 4.98 Å². The molecule has 3 aromatic rings. The Labute approximate surface area is 196 Å². The van der Waals surface area contributed by atoms with Crippen molar-refractivity contribution in [3.63, 3.8) is 0 Å². The van der Waals surface area contributed by atoms with E-state index in [2.05, 4.69) is 22.5 Å². The molecule has 170 valence electrons. The van der Waals surface area contributed by atoms with Crippen LogP contribution in [0.5, 0.6) is 0 Å². The maximum atomic E-state index is 13.2. The topological polar surface area (TPSA) is 86.3 Å². The summed E-state index contributed by atoms with van der Waals surface area (Å²) in [6.07, 6.45) is 4.48. The zero-order chi connectivity index (χ0) is 22.6. The van der Waals surface area contributed by atoms with Gasteiger partial charge in [-0.25, -0.2) is 4.98 Å². The maximum Gasteiger partial charge on any atom is 0.256 e. The number of aromatic amines is 1. The van der Waals surface area contributed by atoms with Crippen LogP contribution in [0, 0.1) is 0 Å². The molecule has 33 heavy (non-hydrogen) atoms. The number of aryl methyl sites for hydroxylation is 1. The SMILES string of the molecule is O=C(C(O)c1cccc(C2CC2)c1)N1CCCc2nc(C3(c4cccs4)CC3)[nH]c(=O)c2C1. The Morgan fingerprint density at radius 1 is 1.24 bits per heavy atom. The highest BCUT2D eigenvalue weighted by Gasteiger charge is 2.49. The van der Waals surface area contributed by atoms with Crippen LogP contribution in [0.25, 0.3) is 0 Å². The Hall–Kier alpha value is -2.77. The summed E-state index contributed by atoms with van der Waals surface area (Å²) in [6.45, 7) is 0.682. The van der Waals surface area contributed by atoms with Gasteiger partial charge in [0, 0.05) is 11.4 Å². The summed E-state index contributed by atoms with van der Waals surface area (Å²) in [5.74, 6) is 0.960. The molecule has 6 nitrogen and oxygen atoms in total. The minimum Gasteiger partial charge on any atom is -0.378 e. The average molecular weight is 462 g/mol. The zero-order valence-corrected chi connectivity index (χ0v) is 19.2. The van der Waals surface area contributed by atoms with Gasteiger partial charge in [0.25, 0.3) is 11.5 Å². The van der Waals surface area contributed by atoms with Crippen molar-refractivity contribution >= 4 is 17.2 Å². The van der Waals surface area contributed by atoms with E-state index in [0.29, 0.717) is 30.0 Å². The van der Waals surface area contributed by atoms with E-state index in [1.165, 1.54) is 23.3 Å². The minimum atomic E-state index is -1.22. The van der Waals surface area contributed by atoms with Crippen molar-refractivity contribution in [3.05, 3.63) is 85.2 Å². The van der Waals surface area contributed by atoms with Gasteiger partial charge in [0.1, 0.15) is 5.82 Å². The lowest BCUT2D eigenvalue weighted by Gasteiger charge is -2.24. The van der Waals surface area contributed by atoms with Gasteiger partial charge in [-0.05, 0) is 67.0 Å². The number of fused-ring (bicyclic) bond motifs is 1. The molecule has 6 rings (SSSR count). The Bertz CT molecular complexity index is 1260. The molecule has 2 aromatic heterocycles. The monoisotopic (exact) mass is 461 g/mol. The van der Waals surface area contributed by atoms with E-state index < -0.39 is 6.10 Å². The lowest BCUT2D eigenvalue weighted by molar-refractivity contribution is -0.141. The Morgan fingerprint density at radius 2 is 2.09 bits per heavy atom.